The van der Waals surface area contributed by atoms with Crippen LogP contribution in [0.15, 0.2) is 121 Å². The van der Waals surface area contributed by atoms with E-state index in [4.69, 9.17) is 0 Å². The molecule has 0 spiro atoms. The maximum Gasteiger partial charge on any atom is 0.131 e. The normalized spacial score (nSPS) is 12.1. The number of aryl methyl sites for hydroxylation is 1. The lowest BCUT2D eigenvalue weighted by molar-refractivity contribution is 0.625. The molecule has 0 saturated carbocycles. The first-order chi connectivity index (χ1) is 19.1. The predicted molar refractivity (Wildman–Crippen MR) is 165 cm³/mol. The minimum atomic E-state index is -0.209. The van der Waals surface area contributed by atoms with Crippen LogP contribution in [0, 0.1) is 5.82 Å². The molecule has 0 bridgehead atoms. The van der Waals surface area contributed by atoms with Gasteiger partial charge in [-0.25, -0.2) is 4.39 Å². The Labute approximate surface area is 232 Å². The first-order valence-corrected chi connectivity index (χ1v) is 13.9. The third-order valence-electron chi connectivity index (χ3n) is 7.39. The summed E-state index contributed by atoms with van der Waals surface area (Å²) in [5.74, 6) is 0.279. The molecule has 0 aliphatic heterocycles. The first-order valence-electron chi connectivity index (χ1n) is 13.9. The molecule has 0 nitrogen and oxygen atoms in total. The maximum absolute atomic E-state index is 14.9. The fourth-order valence-electron chi connectivity index (χ4n) is 5.05. The standard InChI is InChI=1S/C38H35F/c1-3-7-29-10-19-35(20-11-29)37-25-24-36(38(39)27-37)23-14-30-12-17-33(18-13-30)34-21-15-31(16-22-34)26-28(2)32-8-5-4-6-9-32/h4-6,8-25,27-28H,3,7,26H2,1-2H3/t28-/m0/s1. The van der Waals surface area contributed by atoms with Crippen molar-refractivity contribution in [3.05, 3.63) is 155 Å². The van der Waals surface area contributed by atoms with Crippen molar-refractivity contribution in [3.63, 3.8) is 0 Å². The zero-order chi connectivity index (χ0) is 27.0. The van der Waals surface area contributed by atoms with Gasteiger partial charge in [-0.15, -0.1) is 0 Å². The Hall–Kier alpha value is -4.23. The van der Waals surface area contributed by atoms with Gasteiger partial charge in [0.25, 0.3) is 0 Å². The Morgan fingerprint density at radius 3 is 1.79 bits per heavy atom. The molecule has 5 aromatic carbocycles. The second-order valence-corrected chi connectivity index (χ2v) is 10.4. The summed E-state index contributed by atoms with van der Waals surface area (Å²) in [7, 11) is 0. The van der Waals surface area contributed by atoms with E-state index < -0.39 is 0 Å². The molecule has 0 N–H and O–H groups in total. The molecule has 5 aromatic rings. The van der Waals surface area contributed by atoms with Gasteiger partial charge in [-0.05, 0) is 69.3 Å². The number of hydrogen-bond acceptors (Lipinski definition) is 0. The monoisotopic (exact) mass is 510 g/mol. The number of halogens is 1. The van der Waals surface area contributed by atoms with E-state index in [-0.39, 0.29) is 5.82 Å². The van der Waals surface area contributed by atoms with Crippen molar-refractivity contribution in [1.82, 2.24) is 0 Å². The molecule has 0 aliphatic rings. The van der Waals surface area contributed by atoms with Gasteiger partial charge in [0.2, 0.25) is 0 Å². The fourth-order valence-corrected chi connectivity index (χ4v) is 5.05. The Morgan fingerprint density at radius 1 is 0.615 bits per heavy atom. The van der Waals surface area contributed by atoms with Crippen LogP contribution in [0.5, 0.6) is 0 Å². The molecule has 0 amide bonds. The summed E-state index contributed by atoms with van der Waals surface area (Å²) in [6.45, 7) is 4.46. The van der Waals surface area contributed by atoms with Crippen molar-refractivity contribution in [3.8, 4) is 22.3 Å². The molecule has 194 valence electrons. The molecular weight excluding hydrogens is 475 g/mol. The van der Waals surface area contributed by atoms with Crippen LogP contribution in [-0.2, 0) is 12.8 Å². The van der Waals surface area contributed by atoms with Gasteiger partial charge < -0.3 is 0 Å². The molecule has 5 rings (SSSR count). The zero-order valence-electron chi connectivity index (χ0n) is 22.8. The largest absolute Gasteiger partial charge is 0.206 e. The molecule has 39 heavy (non-hydrogen) atoms. The average Bonchev–Trinajstić information content (AvgIpc) is 2.98. The molecule has 1 atom stereocenters. The van der Waals surface area contributed by atoms with Crippen molar-refractivity contribution in [2.24, 2.45) is 0 Å². The van der Waals surface area contributed by atoms with E-state index in [0.717, 1.165) is 36.0 Å². The molecule has 0 aliphatic carbocycles. The predicted octanol–water partition coefficient (Wildman–Crippen LogP) is 10.6. The van der Waals surface area contributed by atoms with Crippen molar-refractivity contribution in [2.75, 3.05) is 0 Å². The Balaban J connectivity index is 1.22. The minimum Gasteiger partial charge on any atom is -0.206 e. The lowest BCUT2D eigenvalue weighted by Crippen LogP contribution is -1.98. The highest BCUT2D eigenvalue weighted by Crippen LogP contribution is 2.26. The topological polar surface area (TPSA) is 0 Å². The molecule has 0 radical (unpaired) electrons. The van der Waals surface area contributed by atoms with E-state index in [0.29, 0.717) is 11.5 Å². The molecule has 0 saturated heterocycles. The molecule has 1 heteroatoms. The molecule has 0 unspecified atom stereocenters. The lowest BCUT2D eigenvalue weighted by Gasteiger charge is -2.12. The maximum atomic E-state index is 14.9. The summed E-state index contributed by atoms with van der Waals surface area (Å²) in [5.41, 5.74) is 9.98. The van der Waals surface area contributed by atoms with Crippen molar-refractivity contribution in [1.29, 1.82) is 0 Å². The first kappa shape index (κ1) is 26.4. The number of benzene rings is 5. The van der Waals surface area contributed by atoms with Crippen LogP contribution in [0.3, 0.4) is 0 Å². The summed E-state index contributed by atoms with van der Waals surface area (Å²) >= 11 is 0. The van der Waals surface area contributed by atoms with Gasteiger partial charge in [-0.1, -0.05) is 148 Å². The Bertz CT molecular complexity index is 1510. The molecular formula is C38H35F. The summed E-state index contributed by atoms with van der Waals surface area (Å²) in [6, 6.07) is 41.9. The highest BCUT2D eigenvalue weighted by atomic mass is 19.1. The minimum absolute atomic E-state index is 0.209. The second kappa shape index (κ2) is 12.5. The summed E-state index contributed by atoms with van der Waals surface area (Å²) in [5, 5.41) is 0. The van der Waals surface area contributed by atoms with Crippen LogP contribution in [0.4, 0.5) is 4.39 Å². The second-order valence-electron chi connectivity index (χ2n) is 10.4. The third kappa shape index (κ3) is 6.81. The van der Waals surface area contributed by atoms with E-state index in [9.17, 15) is 4.39 Å². The van der Waals surface area contributed by atoms with Crippen LogP contribution in [0.1, 0.15) is 54.0 Å². The van der Waals surface area contributed by atoms with E-state index in [1.165, 1.54) is 27.8 Å². The van der Waals surface area contributed by atoms with Crippen molar-refractivity contribution in [2.45, 2.75) is 39.0 Å². The Kier molecular flexibility index (Phi) is 8.48. The van der Waals surface area contributed by atoms with E-state index in [1.807, 2.05) is 24.3 Å². The number of hydrogen-bond donors (Lipinski definition) is 0. The SMILES string of the molecule is CCCc1ccc(-c2ccc(C=Cc3ccc(-c4ccc(C[C@H](C)c5ccccc5)cc4)cc3)c(F)c2)cc1. The van der Waals surface area contributed by atoms with Crippen LogP contribution >= 0.6 is 0 Å². The zero-order valence-corrected chi connectivity index (χ0v) is 22.8. The highest BCUT2D eigenvalue weighted by Gasteiger charge is 2.07. The molecule has 0 heterocycles. The summed E-state index contributed by atoms with van der Waals surface area (Å²) in [6.07, 6.45) is 7.04. The molecule has 0 fully saturated rings. The van der Waals surface area contributed by atoms with Crippen molar-refractivity contribution < 1.29 is 4.39 Å². The van der Waals surface area contributed by atoms with Crippen LogP contribution < -0.4 is 0 Å². The lowest BCUT2D eigenvalue weighted by atomic mass is 9.93. The molecule has 0 aromatic heterocycles. The van der Waals surface area contributed by atoms with E-state index in [1.54, 1.807) is 6.07 Å². The van der Waals surface area contributed by atoms with E-state index >= 15 is 0 Å². The Morgan fingerprint density at radius 2 is 1.18 bits per heavy atom. The summed E-state index contributed by atoms with van der Waals surface area (Å²) < 4.78 is 14.9. The van der Waals surface area contributed by atoms with Gasteiger partial charge in [0.15, 0.2) is 0 Å². The van der Waals surface area contributed by atoms with Gasteiger partial charge in [-0.2, -0.15) is 0 Å². The van der Waals surface area contributed by atoms with Crippen LogP contribution in [-0.4, -0.2) is 0 Å². The van der Waals surface area contributed by atoms with Gasteiger partial charge in [0.05, 0.1) is 0 Å². The average molecular weight is 511 g/mol. The third-order valence-corrected chi connectivity index (χ3v) is 7.39. The van der Waals surface area contributed by atoms with Gasteiger partial charge in [-0.3, -0.25) is 0 Å². The number of rotatable bonds is 9. The summed E-state index contributed by atoms with van der Waals surface area (Å²) in [4.78, 5) is 0. The van der Waals surface area contributed by atoms with Crippen LogP contribution in [0.2, 0.25) is 0 Å². The van der Waals surface area contributed by atoms with Crippen LogP contribution in [0.25, 0.3) is 34.4 Å². The highest BCUT2D eigenvalue weighted by molar-refractivity contribution is 5.74. The van der Waals surface area contributed by atoms with Gasteiger partial charge in [0.1, 0.15) is 5.82 Å². The van der Waals surface area contributed by atoms with Gasteiger partial charge in [0, 0.05) is 5.56 Å². The van der Waals surface area contributed by atoms with E-state index in [2.05, 4.69) is 117 Å². The fraction of sp³-hybridized carbons (Fsp3) is 0.158. The van der Waals surface area contributed by atoms with Gasteiger partial charge >= 0.3 is 0 Å². The quantitative estimate of drug-likeness (QED) is 0.173. The van der Waals surface area contributed by atoms with Crippen molar-refractivity contribution >= 4 is 12.2 Å². The smallest absolute Gasteiger partial charge is 0.131 e.